The van der Waals surface area contributed by atoms with E-state index in [0.717, 1.165) is 11.6 Å². The highest BCUT2D eigenvalue weighted by atomic mass is 32.2. The molecule has 2 aromatic rings. The fraction of sp³-hybridized carbons (Fsp3) is 0.200. The standard InChI is InChI=1S/C15H15NO6S/c1-10-7-8-13(14(9-10)21-3)22-23(19,20)15-11(2)5-4-6-12(15)16(17)18/h4-9H,1-3H3. The van der Waals surface area contributed by atoms with Gasteiger partial charge in [-0.15, -0.1) is 0 Å². The fourth-order valence-corrected chi connectivity index (χ4v) is 3.43. The first-order valence-corrected chi connectivity index (χ1v) is 8.00. The molecule has 0 spiro atoms. The summed E-state index contributed by atoms with van der Waals surface area (Å²) in [4.78, 5) is 9.88. The van der Waals surface area contributed by atoms with Crippen LogP contribution >= 0.6 is 0 Å². The third kappa shape index (κ3) is 3.42. The van der Waals surface area contributed by atoms with Crippen molar-refractivity contribution in [1.82, 2.24) is 0 Å². The normalized spacial score (nSPS) is 11.1. The maximum Gasteiger partial charge on any atom is 0.346 e. The molecule has 0 aromatic heterocycles. The van der Waals surface area contributed by atoms with Crippen molar-refractivity contribution in [3.8, 4) is 11.5 Å². The number of rotatable bonds is 5. The summed E-state index contributed by atoms with van der Waals surface area (Å²) in [7, 11) is -3.01. The highest BCUT2D eigenvalue weighted by Crippen LogP contribution is 2.34. The molecule has 2 rings (SSSR count). The Bertz CT molecular complexity index is 860. The van der Waals surface area contributed by atoms with Gasteiger partial charge in [0, 0.05) is 6.07 Å². The first kappa shape index (κ1) is 16.8. The summed E-state index contributed by atoms with van der Waals surface area (Å²) < 4.78 is 35.2. The lowest BCUT2D eigenvalue weighted by atomic mass is 10.2. The van der Waals surface area contributed by atoms with Gasteiger partial charge in [-0.1, -0.05) is 18.2 Å². The summed E-state index contributed by atoms with van der Waals surface area (Å²) in [6.07, 6.45) is 0. The van der Waals surface area contributed by atoms with Crippen molar-refractivity contribution in [3.63, 3.8) is 0 Å². The Kier molecular flexibility index (Phi) is 4.55. The third-order valence-electron chi connectivity index (χ3n) is 3.16. The van der Waals surface area contributed by atoms with Crippen LogP contribution in [0.25, 0.3) is 0 Å². The summed E-state index contributed by atoms with van der Waals surface area (Å²) in [5, 5.41) is 11.1. The second-order valence-corrected chi connectivity index (χ2v) is 6.36. The minimum atomic E-state index is -4.39. The first-order chi connectivity index (χ1) is 10.8. The van der Waals surface area contributed by atoms with Crippen LogP contribution in [0, 0.1) is 24.0 Å². The number of hydrogen-bond donors (Lipinski definition) is 0. The van der Waals surface area contributed by atoms with Crippen LogP contribution in [0.1, 0.15) is 11.1 Å². The van der Waals surface area contributed by atoms with Gasteiger partial charge in [-0.25, -0.2) is 0 Å². The van der Waals surface area contributed by atoms with Crippen molar-refractivity contribution in [1.29, 1.82) is 0 Å². The van der Waals surface area contributed by atoms with E-state index in [1.807, 2.05) is 6.92 Å². The van der Waals surface area contributed by atoms with Crippen LogP contribution in [0.15, 0.2) is 41.3 Å². The van der Waals surface area contributed by atoms with E-state index < -0.39 is 25.6 Å². The second kappa shape index (κ2) is 6.25. The maximum absolute atomic E-state index is 12.5. The summed E-state index contributed by atoms with van der Waals surface area (Å²) in [5.74, 6) is 0.195. The Hall–Kier alpha value is -2.61. The zero-order valence-electron chi connectivity index (χ0n) is 12.8. The molecule has 0 bridgehead atoms. The monoisotopic (exact) mass is 337 g/mol. The minimum Gasteiger partial charge on any atom is -0.493 e. The van der Waals surface area contributed by atoms with E-state index in [0.29, 0.717) is 0 Å². The second-order valence-electron chi connectivity index (χ2n) is 4.87. The number of nitro benzene ring substituents is 1. The van der Waals surface area contributed by atoms with Crippen molar-refractivity contribution in [2.24, 2.45) is 0 Å². The topological polar surface area (TPSA) is 95.7 Å². The summed E-state index contributed by atoms with van der Waals surface area (Å²) in [6.45, 7) is 3.28. The van der Waals surface area contributed by atoms with Crippen LogP contribution in [0.4, 0.5) is 5.69 Å². The van der Waals surface area contributed by atoms with Gasteiger partial charge >= 0.3 is 10.1 Å². The van der Waals surface area contributed by atoms with Crippen LogP contribution in [-0.2, 0) is 10.1 Å². The largest absolute Gasteiger partial charge is 0.493 e. The molecule has 0 unspecified atom stereocenters. The van der Waals surface area contributed by atoms with Gasteiger partial charge in [0.2, 0.25) is 0 Å². The van der Waals surface area contributed by atoms with Gasteiger partial charge in [-0.2, -0.15) is 8.42 Å². The number of benzene rings is 2. The predicted molar refractivity (Wildman–Crippen MR) is 83.4 cm³/mol. The SMILES string of the molecule is COc1cc(C)ccc1OS(=O)(=O)c1c(C)cccc1[N+](=O)[O-]. The molecule has 0 aliphatic rings. The molecular formula is C15H15NO6S. The molecule has 0 atom stereocenters. The van der Waals surface area contributed by atoms with Crippen molar-refractivity contribution in [2.75, 3.05) is 7.11 Å². The molecule has 8 heteroatoms. The lowest BCUT2D eigenvalue weighted by Crippen LogP contribution is -2.14. The molecule has 7 nitrogen and oxygen atoms in total. The lowest BCUT2D eigenvalue weighted by molar-refractivity contribution is -0.388. The molecule has 0 amide bonds. The van der Waals surface area contributed by atoms with E-state index in [9.17, 15) is 18.5 Å². The quantitative estimate of drug-likeness (QED) is 0.473. The van der Waals surface area contributed by atoms with Crippen LogP contribution in [0.3, 0.4) is 0 Å². The number of methoxy groups -OCH3 is 1. The first-order valence-electron chi connectivity index (χ1n) is 6.59. The molecule has 0 heterocycles. The van der Waals surface area contributed by atoms with Crippen LogP contribution < -0.4 is 8.92 Å². The molecule has 122 valence electrons. The number of hydrogen-bond acceptors (Lipinski definition) is 6. The van der Waals surface area contributed by atoms with Gasteiger partial charge in [0.15, 0.2) is 16.4 Å². The molecule has 23 heavy (non-hydrogen) atoms. The molecule has 2 aromatic carbocycles. The minimum absolute atomic E-state index is 0.0318. The predicted octanol–water partition coefficient (Wildman–Crippen LogP) is 2.99. The van der Waals surface area contributed by atoms with E-state index in [1.165, 1.54) is 32.2 Å². The van der Waals surface area contributed by atoms with E-state index in [1.54, 1.807) is 12.1 Å². The average Bonchev–Trinajstić information content (AvgIpc) is 2.48. The molecule has 0 saturated carbocycles. The van der Waals surface area contributed by atoms with E-state index >= 15 is 0 Å². The summed E-state index contributed by atoms with van der Waals surface area (Å²) in [5.41, 5.74) is 0.551. The summed E-state index contributed by atoms with van der Waals surface area (Å²) in [6, 6.07) is 8.71. The summed E-state index contributed by atoms with van der Waals surface area (Å²) >= 11 is 0. The Morgan fingerprint density at radius 2 is 1.78 bits per heavy atom. The molecule has 0 fully saturated rings. The maximum atomic E-state index is 12.5. The van der Waals surface area contributed by atoms with Crippen molar-refractivity contribution < 1.29 is 22.3 Å². The molecule has 0 aliphatic carbocycles. The van der Waals surface area contributed by atoms with Crippen LogP contribution in [0.2, 0.25) is 0 Å². The van der Waals surface area contributed by atoms with Gasteiger partial charge in [-0.05, 0) is 37.1 Å². The highest BCUT2D eigenvalue weighted by molar-refractivity contribution is 7.87. The number of nitrogens with zero attached hydrogens (tertiary/aromatic N) is 1. The van der Waals surface area contributed by atoms with Crippen molar-refractivity contribution >= 4 is 15.8 Å². The highest BCUT2D eigenvalue weighted by Gasteiger charge is 2.30. The van der Waals surface area contributed by atoms with Crippen molar-refractivity contribution in [3.05, 3.63) is 57.6 Å². The Balaban J connectivity index is 2.55. The van der Waals surface area contributed by atoms with Gasteiger partial charge in [0.05, 0.1) is 12.0 Å². The average molecular weight is 337 g/mol. The van der Waals surface area contributed by atoms with Crippen molar-refractivity contribution in [2.45, 2.75) is 18.7 Å². The smallest absolute Gasteiger partial charge is 0.346 e. The Morgan fingerprint density at radius 1 is 1.09 bits per heavy atom. The fourth-order valence-electron chi connectivity index (χ4n) is 2.11. The molecule has 0 N–H and O–H groups in total. The molecule has 0 aliphatic heterocycles. The molecule has 0 saturated heterocycles. The number of ether oxygens (including phenoxy) is 1. The van der Waals surface area contributed by atoms with Crippen LogP contribution in [0.5, 0.6) is 11.5 Å². The Labute approximate surface area is 133 Å². The molecular weight excluding hydrogens is 322 g/mol. The number of aryl methyl sites for hydroxylation is 2. The van der Waals surface area contributed by atoms with E-state index in [4.69, 9.17) is 8.92 Å². The van der Waals surface area contributed by atoms with Gasteiger partial charge in [0.25, 0.3) is 5.69 Å². The van der Waals surface area contributed by atoms with Gasteiger partial charge in [0.1, 0.15) is 0 Å². The lowest BCUT2D eigenvalue weighted by Gasteiger charge is -2.12. The third-order valence-corrected chi connectivity index (χ3v) is 4.59. The Morgan fingerprint density at radius 3 is 2.39 bits per heavy atom. The van der Waals surface area contributed by atoms with E-state index in [-0.39, 0.29) is 17.1 Å². The van der Waals surface area contributed by atoms with E-state index in [2.05, 4.69) is 0 Å². The zero-order valence-corrected chi connectivity index (χ0v) is 13.6. The van der Waals surface area contributed by atoms with Gasteiger partial charge < -0.3 is 8.92 Å². The van der Waals surface area contributed by atoms with Crippen LogP contribution in [-0.4, -0.2) is 20.5 Å². The van der Waals surface area contributed by atoms with Gasteiger partial charge in [-0.3, -0.25) is 10.1 Å². The molecule has 0 radical (unpaired) electrons. The number of nitro groups is 1. The zero-order chi connectivity index (χ0) is 17.2.